The molecule has 0 saturated heterocycles. The number of likely N-dealkylation sites (N-methyl/N-ethyl adjacent to an activating group) is 1. The van der Waals surface area contributed by atoms with E-state index < -0.39 is 6.10 Å². The number of allylic oxidation sites excluding steroid dienone is 5. The molecule has 192 valence electrons. The van der Waals surface area contributed by atoms with E-state index >= 15 is 4.39 Å². The number of hydrogen-bond acceptors (Lipinski definition) is 8. The zero-order valence-electron chi connectivity index (χ0n) is 20.7. The first-order valence-electron chi connectivity index (χ1n) is 11.5. The van der Waals surface area contributed by atoms with Gasteiger partial charge in [0.25, 0.3) is 6.47 Å². The molecule has 0 aliphatic rings. The van der Waals surface area contributed by atoms with Crippen molar-refractivity contribution in [1.82, 2.24) is 10.3 Å². The van der Waals surface area contributed by atoms with Crippen LogP contribution in [-0.4, -0.2) is 56.9 Å². The van der Waals surface area contributed by atoms with Crippen molar-refractivity contribution in [2.24, 2.45) is 11.6 Å². The minimum absolute atomic E-state index is 0.236. The lowest BCUT2D eigenvalue weighted by Gasteiger charge is -2.29. The number of carbonyl (C=O) groups is 1. The molecule has 0 aliphatic heterocycles. The minimum atomic E-state index is -0.581. The Morgan fingerprint density at radius 2 is 2.06 bits per heavy atom. The van der Waals surface area contributed by atoms with Crippen LogP contribution in [0.5, 0.6) is 0 Å². The number of hydrogen-bond donors (Lipinski definition) is 4. The lowest BCUT2D eigenvalue weighted by atomic mass is 10.1. The van der Waals surface area contributed by atoms with E-state index in [-0.39, 0.29) is 18.4 Å². The zero-order chi connectivity index (χ0) is 26.1. The van der Waals surface area contributed by atoms with Crippen LogP contribution in [0, 0.1) is 5.82 Å². The average Bonchev–Trinajstić information content (AvgIpc) is 2.85. The summed E-state index contributed by atoms with van der Waals surface area (Å²) in [5.41, 5.74) is 7.51. The predicted octanol–water partition coefficient (Wildman–Crippen LogP) is 3.04. The Morgan fingerprint density at radius 3 is 2.66 bits per heavy atom. The molecular formula is C26H39FN6O2. The third kappa shape index (κ3) is 10.5. The summed E-state index contributed by atoms with van der Waals surface area (Å²) in [4.78, 5) is 12.9. The van der Waals surface area contributed by atoms with Gasteiger partial charge in [0.1, 0.15) is 11.9 Å². The second-order valence-electron chi connectivity index (χ2n) is 7.76. The van der Waals surface area contributed by atoms with E-state index in [9.17, 15) is 4.79 Å². The molecule has 0 bridgehead atoms. The van der Waals surface area contributed by atoms with Gasteiger partial charge in [-0.05, 0) is 44.2 Å². The fourth-order valence-corrected chi connectivity index (χ4v) is 3.35. The van der Waals surface area contributed by atoms with Crippen LogP contribution in [0.1, 0.15) is 13.3 Å². The van der Waals surface area contributed by atoms with Crippen molar-refractivity contribution >= 4 is 17.8 Å². The third-order valence-corrected chi connectivity index (χ3v) is 5.37. The van der Waals surface area contributed by atoms with Crippen LogP contribution in [-0.2, 0) is 9.53 Å². The fraction of sp³-hybridized carbons (Fsp3) is 0.346. The summed E-state index contributed by atoms with van der Waals surface area (Å²) >= 11 is 0. The molecule has 1 aromatic rings. The predicted molar refractivity (Wildman–Crippen MR) is 143 cm³/mol. The molecule has 1 rings (SSSR count). The van der Waals surface area contributed by atoms with E-state index in [1.54, 1.807) is 31.2 Å². The molecule has 0 fully saturated rings. The largest absolute Gasteiger partial charge is 0.460 e. The van der Waals surface area contributed by atoms with Crippen molar-refractivity contribution in [3.63, 3.8) is 0 Å². The summed E-state index contributed by atoms with van der Waals surface area (Å²) in [6.45, 7) is 11.8. The topological polar surface area (TPSA) is 109 Å². The normalized spacial score (nSPS) is 13.4. The van der Waals surface area contributed by atoms with Gasteiger partial charge in [0.2, 0.25) is 0 Å². The number of nitrogens with zero attached hydrogens (tertiary/aromatic N) is 2. The maximum Gasteiger partial charge on any atom is 0.293 e. The molecule has 1 unspecified atom stereocenters. The number of anilines is 2. The van der Waals surface area contributed by atoms with Crippen LogP contribution in [0.25, 0.3) is 0 Å². The summed E-state index contributed by atoms with van der Waals surface area (Å²) in [6.07, 6.45) is 12.1. The summed E-state index contributed by atoms with van der Waals surface area (Å²) < 4.78 is 20.3. The number of nitrogens with one attached hydrogen (secondary N) is 2. The van der Waals surface area contributed by atoms with Gasteiger partial charge in [0.15, 0.2) is 0 Å². The third-order valence-electron chi connectivity index (χ3n) is 5.37. The number of nitrogens with two attached hydrogens (primary N) is 2. The molecule has 0 amide bonds. The van der Waals surface area contributed by atoms with Crippen molar-refractivity contribution in [2.75, 3.05) is 43.4 Å². The van der Waals surface area contributed by atoms with Crippen LogP contribution in [0.2, 0.25) is 0 Å². The Bertz CT molecular complexity index is 887. The Hall–Kier alpha value is -3.56. The van der Waals surface area contributed by atoms with Gasteiger partial charge in [-0.2, -0.15) is 0 Å². The second-order valence-corrected chi connectivity index (χ2v) is 7.76. The summed E-state index contributed by atoms with van der Waals surface area (Å²) in [5, 5.41) is 7.58. The average molecular weight is 487 g/mol. The number of benzene rings is 1. The highest BCUT2D eigenvalue weighted by Gasteiger charge is 2.22. The van der Waals surface area contributed by atoms with Crippen LogP contribution >= 0.6 is 0 Å². The molecule has 0 radical (unpaired) electrons. The van der Waals surface area contributed by atoms with Gasteiger partial charge in [-0.15, -0.1) is 0 Å². The molecule has 35 heavy (non-hydrogen) atoms. The Balaban J connectivity index is 2.97. The van der Waals surface area contributed by atoms with Gasteiger partial charge in [-0.3, -0.25) is 4.79 Å². The molecule has 2 atom stereocenters. The molecule has 0 saturated carbocycles. The highest BCUT2D eigenvalue weighted by molar-refractivity contribution is 5.56. The first-order valence-corrected chi connectivity index (χ1v) is 11.5. The molecule has 1 aromatic carbocycles. The SMILES string of the molecule is C=C/C=C\C(=C/C=C)CCN(CCNC)c1ccc(NCC(OC=O)[C@H](C)N(N)/C=C\N)cc1F. The molecule has 8 nitrogen and oxygen atoms in total. The van der Waals surface area contributed by atoms with E-state index in [0.29, 0.717) is 37.5 Å². The van der Waals surface area contributed by atoms with E-state index in [0.717, 1.165) is 12.0 Å². The highest BCUT2D eigenvalue weighted by Crippen LogP contribution is 2.24. The standard InChI is InChI=1S/C26H39FN6O2/c1-5-7-9-22(8-6-2)12-15-32(17-14-30-4)25-11-10-23(18-24(25)27)31-19-26(35-20-34)21(3)33(29)16-13-28/h5-11,13,16,18,20-21,26,30-31H,1-2,12,14-15,17,19,28-29H2,3-4H3/b9-7-,16-13-,22-8+/t21-,26?/m0/s1. The van der Waals surface area contributed by atoms with Gasteiger partial charge in [0, 0.05) is 37.7 Å². The van der Waals surface area contributed by atoms with Crippen LogP contribution in [0.15, 0.2) is 79.7 Å². The van der Waals surface area contributed by atoms with Crippen molar-refractivity contribution in [2.45, 2.75) is 25.5 Å². The van der Waals surface area contributed by atoms with Gasteiger partial charge in [-0.25, -0.2) is 10.2 Å². The smallest absolute Gasteiger partial charge is 0.293 e. The van der Waals surface area contributed by atoms with Crippen molar-refractivity contribution in [3.05, 3.63) is 85.5 Å². The Labute approximate surface area is 208 Å². The lowest BCUT2D eigenvalue weighted by Crippen LogP contribution is -2.46. The van der Waals surface area contributed by atoms with E-state index in [4.69, 9.17) is 16.3 Å². The number of carbonyl (C=O) groups excluding carboxylic acids is 1. The second kappa shape index (κ2) is 17.0. The maximum absolute atomic E-state index is 15.2. The summed E-state index contributed by atoms with van der Waals surface area (Å²) in [7, 11) is 1.86. The molecular weight excluding hydrogens is 447 g/mol. The van der Waals surface area contributed by atoms with E-state index in [1.807, 2.05) is 30.2 Å². The van der Waals surface area contributed by atoms with Gasteiger partial charge < -0.3 is 31.0 Å². The molecule has 0 aromatic heterocycles. The number of hydrazine groups is 1. The monoisotopic (exact) mass is 486 g/mol. The van der Waals surface area contributed by atoms with Crippen LogP contribution in [0.4, 0.5) is 15.8 Å². The lowest BCUT2D eigenvalue weighted by molar-refractivity contribution is -0.135. The van der Waals surface area contributed by atoms with Crippen LogP contribution in [0.3, 0.4) is 0 Å². The number of halogens is 1. The summed E-state index contributed by atoms with van der Waals surface area (Å²) in [5.74, 6) is 5.54. The molecule has 0 heterocycles. The molecule has 0 spiro atoms. The number of ether oxygens (including phenoxy) is 1. The van der Waals surface area contributed by atoms with Crippen molar-refractivity contribution in [1.29, 1.82) is 0 Å². The van der Waals surface area contributed by atoms with E-state index in [2.05, 4.69) is 23.8 Å². The van der Waals surface area contributed by atoms with Crippen molar-refractivity contribution in [3.8, 4) is 0 Å². The minimum Gasteiger partial charge on any atom is -0.460 e. The van der Waals surface area contributed by atoms with Gasteiger partial charge in [0.05, 0.1) is 18.3 Å². The Morgan fingerprint density at radius 1 is 1.29 bits per heavy atom. The zero-order valence-corrected chi connectivity index (χ0v) is 20.7. The molecule has 0 aliphatic carbocycles. The first-order chi connectivity index (χ1) is 16.9. The van der Waals surface area contributed by atoms with Crippen molar-refractivity contribution < 1.29 is 13.9 Å². The highest BCUT2D eigenvalue weighted by atomic mass is 19.1. The summed E-state index contributed by atoms with van der Waals surface area (Å²) in [6, 6.07) is 4.62. The number of rotatable bonds is 18. The quantitative estimate of drug-likeness (QED) is 0.109. The van der Waals surface area contributed by atoms with E-state index in [1.165, 1.54) is 23.5 Å². The van der Waals surface area contributed by atoms with Gasteiger partial charge in [-0.1, -0.05) is 43.5 Å². The fourth-order valence-electron chi connectivity index (χ4n) is 3.35. The van der Waals surface area contributed by atoms with Gasteiger partial charge >= 0.3 is 0 Å². The molecule has 9 heteroatoms. The maximum atomic E-state index is 15.2. The molecule has 6 N–H and O–H groups in total. The Kier molecular flexibility index (Phi) is 14.3. The van der Waals surface area contributed by atoms with Crippen LogP contribution < -0.4 is 27.1 Å². The first kappa shape index (κ1) is 29.5.